The molecule has 0 aromatic heterocycles. The van der Waals surface area contributed by atoms with Crippen LogP contribution in [0.1, 0.15) is 22.8 Å². The van der Waals surface area contributed by atoms with E-state index in [1.165, 1.54) is 0 Å². The Hall–Kier alpha value is -1.10. The molecule has 106 valence electrons. The van der Waals surface area contributed by atoms with E-state index >= 15 is 0 Å². The van der Waals surface area contributed by atoms with Gasteiger partial charge in [-0.15, -0.1) is 0 Å². The van der Waals surface area contributed by atoms with Crippen LogP contribution in [0.2, 0.25) is 0 Å². The van der Waals surface area contributed by atoms with Gasteiger partial charge in [0.2, 0.25) is 0 Å². The number of aliphatic hydroxyl groups excluding tert-OH is 1. The van der Waals surface area contributed by atoms with Gasteiger partial charge in [0.1, 0.15) is 5.75 Å². The zero-order valence-corrected chi connectivity index (χ0v) is 12.1. The maximum absolute atomic E-state index is 10.4. The van der Waals surface area contributed by atoms with Crippen molar-refractivity contribution in [2.45, 2.75) is 20.0 Å². The van der Waals surface area contributed by atoms with Crippen molar-refractivity contribution in [3.8, 4) is 5.75 Å². The minimum Gasteiger partial charge on any atom is -0.496 e. The van der Waals surface area contributed by atoms with Gasteiger partial charge in [0.25, 0.3) is 0 Å². The van der Waals surface area contributed by atoms with Crippen LogP contribution in [0.15, 0.2) is 12.1 Å². The number of benzene rings is 1. The van der Waals surface area contributed by atoms with Crippen LogP contribution in [-0.2, 0) is 0 Å². The largest absolute Gasteiger partial charge is 0.496 e. The molecular formula is C15H24N2O2. The fourth-order valence-corrected chi connectivity index (χ4v) is 2.63. The molecule has 19 heavy (non-hydrogen) atoms. The van der Waals surface area contributed by atoms with E-state index in [-0.39, 0.29) is 0 Å². The number of rotatable bonds is 4. The minimum atomic E-state index is -0.428. The number of piperazine rings is 1. The first-order chi connectivity index (χ1) is 9.11. The zero-order chi connectivity index (χ0) is 13.8. The van der Waals surface area contributed by atoms with Crippen molar-refractivity contribution in [3.05, 3.63) is 28.8 Å². The summed E-state index contributed by atoms with van der Waals surface area (Å²) in [5.74, 6) is 0.885. The van der Waals surface area contributed by atoms with Crippen molar-refractivity contribution in [2.75, 3.05) is 39.8 Å². The Balaban J connectivity index is 2.09. The minimum absolute atomic E-state index is 0.428. The van der Waals surface area contributed by atoms with E-state index < -0.39 is 6.10 Å². The highest BCUT2D eigenvalue weighted by molar-refractivity contribution is 5.42. The Morgan fingerprint density at radius 3 is 2.58 bits per heavy atom. The third kappa shape index (κ3) is 3.47. The van der Waals surface area contributed by atoms with Crippen molar-refractivity contribution in [1.82, 2.24) is 10.2 Å². The van der Waals surface area contributed by atoms with Crippen molar-refractivity contribution in [3.63, 3.8) is 0 Å². The second-order valence-electron chi connectivity index (χ2n) is 5.24. The van der Waals surface area contributed by atoms with Crippen LogP contribution in [0, 0.1) is 13.8 Å². The van der Waals surface area contributed by atoms with Gasteiger partial charge >= 0.3 is 0 Å². The highest BCUT2D eigenvalue weighted by Gasteiger charge is 2.18. The third-order valence-corrected chi connectivity index (χ3v) is 3.78. The molecule has 1 aliphatic heterocycles. The first-order valence-corrected chi connectivity index (χ1v) is 6.88. The van der Waals surface area contributed by atoms with Crippen molar-refractivity contribution in [2.24, 2.45) is 0 Å². The monoisotopic (exact) mass is 264 g/mol. The van der Waals surface area contributed by atoms with Gasteiger partial charge in [0.05, 0.1) is 13.2 Å². The highest BCUT2D eigenvalue weighted by atomic mass is 16.5. The lowest BCUT2D eigenvalue weighted by Crippen LogP contribution is -2.45. The Kier molecular flexibility index (Phi) is 4.80. The summed E-state index contributed by atoms with van der Waals surface area (Å²) in [7, 11) is 1.68. The Morgan fingerprint density at radius 2 is 1.95 bits per heavy atom. The second-order valence-corrected chi connectivity index (χ2v) is 5.24. The molecule has 1 aromatic rings. The van der Waals surface area contributed by atoms with Gasteiger partial charge in [-0.25, -0.2) is 0 Å². The fraction of sp³-hybridized carbons (Fsp3) is 0.600. The SMILES string of the molecule is COc1cc(C)c(C(O)CN2CCNCC2)cc1C. The first kappa shape index (κ1) is 14.3. The molecule has 0 radical (unpaired) electrons. The Bertz CT molecular complexity index is 428. The number of aliphatic hydroxyl groups is 1. The van der Waals surface area contributed by atoms with E-state index in [2.05, 4.69) is 10.2 Å². The normalized spacial score (nSPS) is 18.3. The predicted molar refractivity (Wildman–Crippen MR) is 76.7 cm³/mol. The van der Waals surface area contributed by atoms with E-state index in [0.717, 1.165) is 48.6 Å². The number of hydrogen-bond acceptors (Lipinski definition) is 4. The number of nitrogens with one attached hydrogen (secondary N) is 1. The van der Waals surface area contributed by atoms with E-state index in [4.69, 9.17) is 4.74 Å². The molecule has 2 rings (SSSR count). The molecule has 0 spiro atoms. The quantitative estimate of drug-likeness (QED) is 0.859. The molecule has 2 N–H and O–H groups in total. The molecule has 0 amide bonds. The van der Waals surface area contributed by atoms with Gasteiger partial charge < -0.3 is 15.2 Å². The lowest BCUT2D eigenvalue weighted by molar-refractivity contribution is 0.105. The molecule has 1 heterocycles. The van der Waals surface area contributed by atoms with Crippen LogP contribution in [0.3, 0.4) is 0 Å². The third-order valence-electron chi connectivity index (χ3n) is 3.78. The van der Waals surface area contributed by atoms with Crippen LogP contribution in [-0.4, -0.2) is 49.8 Å². The predicted octanol–water partition coefficient (Wildman–Crippen LogP) is 1.25. The Morgan fingerprint density at radius 1 is 1.26 bits per heavy atom. The van der Waals surface area contributed by atoms with Gasteiger partial charge in [-0.2, -0.15) is 0 Å². The molecule has 4 heteroatoms. The van der Waals surface area contributed by atoms with Crippen molar-refractivity contribution in [1.29, 1.82) is 0 Å². The highest BCUT2D eigenvalue weighted by Crippen LogP contribution is 2.27. The Labute approximate surface area is 115 Å². The molecule has 1 saturated heterocycles. The molecule has 1 aliphatic rings. The molecule has 4 nitrogen and oxygen atoms in total. The van der Waals surface area contributed by atoms with Gasteiger partial charge in [-0.1, -0.05) is 0 Å². The molecular weight excluding hydrogens is 240 g/mol. The number of aryl methyl sites for hydroxylation is 2. The molecule has 0 saturated carbocycles. The number of methoxy groups -OCH3 is 1. The van der Waals surface area contributed by atoms with Crippen LogP contribution in [0.4, 0.5) is 0 Å². The maximum atomic E-state index is 10.4. The molecule has 1 unspecified atom stereocenters. The standard InChI is InChI=1S/C15H24N2O2/c1-11-9-15(19-3)12(2)8-13(11)14(18)10-17-6-4-16-5-7-17/h8-9,14,16,18H,4-7,10H2,1-3H3. The van der Waals surface area contributed by atoms with E-state index in [1.54, 1.807) is 7.11 Å². The van der Waals surface area contributed by atoms with Gasteiger partial charge in [0.15, 0.2) is 0 Å². The molecule has 0 bridgehead atoms. The van der Waals surface area contributed by atoms with Crippen molar-refractivity contribution < 1.29 is 9.84 Å². The summed E-state index contributed by atoms with van der Waals surface area (Å²) in [6, 6.07) is 4.05. The number of hydrogen-bond donors (Lipinski definition) is 2. The van der Waals surface area contributed by atoms with Gasteiger partial charge in [0, 0.05) is 32.7 Å². The van der Waals surface area contributed by atoms with E-state index in [0.29, 0.717) is 6.54 Å². The molecule has 0 aliphatic carbocycles. The number of ether oxygens (including phenoxy) is 1. The second kappa shape index (κ2) is 6.37. The smallest absolute Gasteiger partial charge is 0.122 e. The van der Waals surface area contributed by atoms with Crippen molar-refractivity contribution >= 4 is 0 Å². The average Bonchev–Trinajstić information content (AvgIpc) is 2.42. The van der Waals surface area contributed by atoms with Gasteiger partial charge in [-0.05, 0) is 42.7 Å². The summed E-state index contributed by atoms with van der Waals surface area (Å²) in [6.45, 7) is 8.77. The maximum Gasteiger partial charge on any atom is 0.122 e. The summed E-state index contributed by atoms with van der Waals surface area (Å²) in [4.78, 5) is 2.31. The summed E-state index contributed by atoms with van der Waals surface area (Å²) in [6.07, 6.45) is -0.428. The van der Waals surface area contributed by atoms with Crippen LogP contribution in [0.5, 0.6) is 5.75 Å². The van der Waals surface area contributed by atoms with Crippen LogP contribution >= 0.6 is 0 Å². The molecule has 1 fully saturated rings. The molecule has 1 atom stereocenters. The number of nitrogens with zero attached hydrogens (tertiary/aromatic N) is 1. The van der Waals surface area contributed by atoms with Gasteiger partial charge in [-0.3, -0.25) is 4.90 Å². The van der Waals surface area contributed by atoms with E-state index in [1.807, 2.05) is 26.0 Å². The summed E-state index contributed by atoms with van der Waals surface area (Å²) in [5.41, 5.74) is 3.17. The first-order valence-electron chi connectivity index (χ1n) is 6.88. The fourth-order valence-electron chi connectivity index (χ4n) is 2.63. The average molecular weight is 264 g/mol. The van der Waals surface area contributed by atoms with Crippen LogP contribution in [0.25, 0.3) is 0 Å². The summed E-state index contributed by atoms with van der Waals surface area (Å²) < 4.78 is 5.31. The summed E-state index contributed by atoms with van der Waals surface area (Å²) in [5, 5.41) is 13.8. The van der Waals surface area contributed by atoms with E-state index in [9.17, 15) is 5.11 Å². The lowest BCUT2D eigenvalue weighted by Gasteiger charge is -2.29. The molecule has 1 aromatic carbocycles. The van der Waals surface area contributed by atoms with Crippen LogP contribution < -0.4 is 10.1 Å². The number of β-amino-alcohol motifs (C(OH)–C–C–N with tert-alkyl or cyclic N) is 1. The topological polar surface area (TPSA) is 44.7 Å². The lowest BCUT2D eigenvalue weighted by atomic mass is 9.99. The zero-order valence-electron chi connectivity index (χ0n) is 12.1. The summed E-state index contributed by atoms with van der Waals surface area (Å²) >= 11 is 0.